The molecule has 3 rings (SSSR count). The average molecular weight is 540 g/mol. The zero-order valence-corrected chi connectivity index (χ0v) is 22.9. The predicted molar refractivity (Wildman–Crippen MR) is 146 cm³/mol. The molecule has 1 N–H and O–H groups in total. The number of rotatable bonds is 11. The van der Waals surface area contributed by atoms with Crippen LogP contribution in [0.3, 0.4) is 0 Å². The maximum Gasteiger partial charge on any atom is 0.264 e. The first-order valence-corrected chi connectivity index (χ1v) is 13.9. The molecular weight excluding hydrogens is 505 g/mol. The Balaban J connectivity index is 1.98. The third-order valence-electron chi connectivity index (χ3n) is 6.05. The Morgan fingerprint density at radius 3 is 2.08 bits per heavy atom. The summed E-state index contributed by atoms with van der Waals surface area (Å²) in [7, 11) is -4.18. The van der Waals surface area contributed by atoms with E-state index in [1.807, 2.05) is 45.0 Å². The molecule has 0 aliphatic heterocycles. The highest BCUT2D eigenvalue weighted by Gasteiger charge is 2.32. The van der Waals surface area contributed by atoms with E-state index in [2.05, 4.69) is 5.32 Å². The molecule has 0 radical (unpaired) electrons. The molecule has 0 aliphatic rings. The van der Waals surface area contributed by atoms with Gasteiger partial charge < -0.3 is 10.2 Å². The van der Waals surface area contributed by atoms with Crippen molar-refractivity contribution in [2.24, 2.45) is 5.92 Å². The molecule has 0 bridgehead atoms. The van der Waals surface area contributed by atoms with Gasteiger partial charge in [-0.25, -0.2) is 12.8 Å². The summed E-state index contributed by atoms with van der Waals surface area (Å²) in [5.41, 5.74) is 1.98. The van der Waals surface area contributed by atoms with E-state index in [9.17, 15) is 22.4 Å². The number of nitrogens with one attached hydrogen (secondary N) is 1. The van der Waals surface area contributed by atoms with Gasteiger partial charge in [-0.3, -0.25) is 13.9 Å². The second-order valence-electron chi connectivity index (χ2n) is 9.62. The highest BCUT2D eigenvalue weighted by atomic mass is 32.2. The number of aryl methyl sites for hydroxylation is 1. The van der Waals surface area contributed by atoms with Gasteiger partial charge in [0.1, 0.15) is 18.4 Å². The first-order chi connectivity index (χ1) is 18.0. The minimum absolute atomic E-state index is 0.00932. The van der Waals surface area contributed by atoms with Crippen LogP contribution in [-0.2, 0) is 26.2 Å². The van der Waals surface area contributed by atoms with Crippen LogP contribution in [0.4, 0.5) is 10.1 Å². The number of hydrogen-bond donors (Lipinski definition) is 1. The first kappa shape index (κ1) is 28.8. The van der Waals surface area contributed by atoms with Crippen LogP contribution in [0.15, 0.2) is 83.8 Å². The molecule has 0 spiro atoms. The smallest absolute Gasteiger partial charge is 0.264 e. The fraction of sp³-hybridized carbons (Fsp3) is 0.310. The summed E-state index contributed by atoms with van der Waals surface area (Å²) in [5, 5.41) is 2.85. The summed E-state index contributed by atoms with van der Waals surface area (Å²) < 4.78 is 41.9. The molecule has 3 aromatic rings. The van der Waals surface area contributed by atoms with Crippen molar-refractivity contribution in [2.45, 2.75) is 45.2 Å². The summed E-state index contributed by atoms with van der Waals surface area (Å²) in [4.78, 5) is 28.1. The van der Waals surface area contributed by atoms with E-state index >= 15 is 0 Å². The number of amides is 2. The van der Waals surface area contributed by atoms with E-state index in [1.165, 1.54) is 29.2 Å². The van der Waals surface area contributed by atoms with Gasteiger partial charge in [-0.15, -0.1) is 0 Å². The second kappa shape index (κ2) is 12.7. The van der Waals surface area contributed by atoms with E-state index in [0.29, 0.717) is 6.54 Å². The van der Waals surface area contributed by atoms with Gasteiger partial charge in [-0.05, 0) is 61.7 Å². The fourth-order valence-corrected chi connectivity index (χ4v) is 5.22. The second-order valence-corrected chi connectivity index (χ2v) is 11.5. The molecule has 0 unspecified atom stereocenters. The third kappa shape index (κ3) is 7.41. The Morgan fingerprint density at radius 2 is 1.50 bits per heavy atom. The maximum atomic E-state index is 13.8. The first-order valence-electron chi connectivity index (χ1n) is 12.4. The topological polar surface area (TPSA) is 86.8 Å². The minimum Gasteiger partial charge on any atom is -0.354 e. The van der Waals surface area contributed by atoms with E-state index in [-0.39, 0.29) is 29.0 Å². The van der Waals surface area contributed by atoms with Gasteiger partial charge in [0.05, 0.1) is 10.6 Å². The lowest BCUT2D eigenvalue weighted by Gasteiger charge is -2.32. The molecule has 0 saturated heterocycles. The maximum absolute atomic E-state index is 13.8. The normalized spacial score (nSPS) is 12.2. The molecule has 0 aliphatic carbocycles. The summed E-state index contributed by atoms with van der Waals surface area (Å²) in [6.45, 7) is 7.48. The van der Waals surface area contributed by atoms with E-state index in [1.54, 1.807) is 25.1 Å². The molecule has 202 valence electrons. The lowest BCUT2D eigenvalue weighted by molar-refractivity contribution is -0.139. The summed E-state index contributed by atoms with van der Waals surface area (Å²) in [5.74, 6) is -1.22. The Morgan fingerprint density at radius 1 is 0.895 bits per heavy atom. The Labute approximate surface area is 224 Å². The molecule has 7 nitrogen and oxygen atoms in total. The lowest BCUT2D eigenvalue weighted by Crippen LogP contribution is -2.51. The van der Waals surface area contributed by atoms with Gasteiger partial charge in [-0.2, -0.15) is 0 Å². The Bertz CT molecular complexity index is 1330. The van der Waals surface area contributed by atoms with Crippen LogP contribution < -0.4 is 9.62 Å². The van der Waals surface area contributed by atoms with Crippen LogP contribution in [0.5, 0.6) is 0 Å². The van der Waals surface area contributed by atoms with Gasteiger partial charge in [-0.1, -0.05) is 61.9 Å². The van der Waals surface area contributed by atoms with Crippen molar-refractivity contribution in [3.05, 3.63) is 95.8 Å². The molecule has 38 heavy (non-hydrogen) atoms. The van der Waals surface area contributed by atoms with Gasteiger partial charge in [0.15, 0.2) is 0 Å². The number of sulfonamides is 1. The molecule has 0 heterocycles. The van der Waals surface area contributed by atoms with Gasteiger partial charge in [0.2, 0.25) is 11.8 Å². The summed E-state index contributed by atoms with van der Waals surface area (Å²) >= 11 is 0. The standard InChI is InChI=1S/C29H34FN3O4S/c1-21(2)18-31-29(35)23(4)32(19-24-12-10-22(3)11-13-24)28(34)20-33(26-16-14-25(30)15-17-26)38(36,37)27-8-6-5-7-9-27/h5-17,21,23H,18-20H2,1-4H3,(H,31,35)/t23-/m0/s1. The third-order valence-corrected chi connectivity index (χ3v) is 7.84. The SMILES string of the molecule is Cc1ccc(CN(C(=O)CN(c2ccc(F)cc2)S(=O)(=O)c2ccccc2)[C@@H](C)C(=O)NCC(C)C)cc1. The lowest BCUT2D eigenvalue weighted by atomic mass is 10.1. The van der Waals surface area contributed by atoms with Crippen molar-refractivity contribution in [1.29, 1.82) is 0 Å². The molecule has 1 atom stereocenters. The minimum atomic E-state index is -4.18. The fourth-order valence-electron chi connectivity index (χ4n) is 3.78. The molecule has 3 aromatic carbocycles. The number of halogens is 1. The highest BCUT2D eigenvalue weighted by Crippen LogP contribution is 2.25. The zero-order chi connectivity index (χ0) is 27.9. The van der Waals surface area contributed by atoms with Crippen molar-refractivity contribution < 1.29 is 22.4 Å². The molecule has 2 amide bonds. The van der Waals surface area contributed by atoms with Gasteiger partial charge >= 0.3 is 0 Å². The van der Waals surface area contributed by atoms with Crippen molar-refractivity contribution in [3.63, 3.8) is 0 Å². The van der Waals surface area contributed by atoms with E-state index in [0.717, 1.165) is 27.6 Å². The average Bonchev–Trinajstić information content (AvgIpc) is 2.90. The van der Waals surface area contributed by atoms with Crippen LogP contribution in [0, 0.1) is 18.7 Å². The largest absolute Gasteiger partial charge is 0.354 e. The number of nitrogens with zero attached hydrogens (tertiary/aromatic N) is 2. The van der Waals surface area contributed by atoms with Crippen LogP contribution in [0.1, 0.15) is 31.9 Å². The van der Waals surface area contributed by atoms with Crippen molar-refractivity contribution >= 4 is 27.5 Å². The number of benzene rings is 3. The molecule has 9 heteroatoms. The van der Waals surface area contributed by atoms with Gasteiger partial charge in [0.25, 0.3) is 10.0 Å². The monoisotopic (exact) mass is 539 g/mol. The number of anilines is 1. The predicted octanol–water partition coefficient (Wildman–Crippen LogP) is 4.52. The van der Waals surface area contributed by atoms with Crippen molar-refractivity contribution in [2.75, 3.05) is 17.4 Å². The van der Waals surface area contributed by atoms with Gasteiger partial charge in [0, 0.05) is 13.1 Å². The van der Waals surface area contributed by atoms with Crippen LogP contribution >= 0.6 is 0 Å². The molecular formula is C29H34FN3O4S. The number of carbonyl (C=O) groups excluding carboxylic acids is 2. The quantitative estimate of drug-likeness (QED) is 0.388. The summed E-state index contributed by atoms with van der Waals surface area (Å²) in [6.07, 6.45) is 0. The molecule has 0 aromatic heterocycles. The van der Waals surface area contributed by atoms with Crippen LogP contribution in [0.2, 0.25) is 0 Å². The molecule has 0 saturated carbocycles. The summed E-state index contributed by atoms with van der Waals surface area (Å²) in [6, 6.07) is 19.3. The van der Waals surface area contributed by atoms with Crippen molar-refractivity contribution in [3.8, 4) is 0 Å². The van der Waals surface area contributed by atoms with Crippen LogP contribution in [-0.4, -0.2) is 44.3 Å². The van der Waals surface area contributed by atoms with E-state index in [4.69, 9.17) is 0 Å². The van der Waals surface area contributed by atoms with Crippen molar-refractivity contribution in [1.82, 2.24) is 10.2 Å². The Kier molecular flexibility index (Phi) is 9.63. The van der Waals surface area contributed by atoms with E-state index < -0.39 is 34.3 Å². The number of carbonyl (C=O) groups is 2. The van der Waals surface area contributed by atoms with Crippen LogP contribution in [0.25, 0.3) is 0 Å². The zero-order valence-electron chi connectivity index (χ0n) is 22.1. The highest BCUT2D eigenvalue weighted by molar-refractivity contribution is 7.92. The molecule has 0 fully saturated rings. The Hall–Kier alpha value is -3.72. The number of hydrogen-bond acceptors (Lipinski definition) is 4.